The fourth-order valence-electron chi connectivity index (χ4n) is 3.04. The number of nitrogens with one attached hydrogen (secondary N) is 1. The van der Waals surface area contributed by atoms with Crippen LogP contribution in [-0.4, -0.2) is 58.0 Å². The standard InChI is InChI=1S/C19H17BrN4O3/c20-14-5-3-13(4-6-14)15-12-16(22-21-15)18(25)23-7-9-24(10-8-23)19(26)17-2-1-11-27-17/h1-6,11-12H,7-10H2,(H,21,22). The van der Waals surface area contributed by atoms with E-state index in [1.165, 1.54) is 6.26 Å². The average Bonchev–Trinajstić information content (AvgIpc) is 3.40. The highest BCUT2D eigenvalue weighted by Gasteiger charge is 2.27. The van der Waals surface area contributed by atoms with E-state index in [1.54, 1.807) is 28.0 Å². The monoisotopic (exact) mass is 428 g/mol. The van der Waals surface area contributed by atoms with Gasteiger partial charge in [-0.2, -0.15) is 5.10 Å². The van der Waals surface area contributed by atoms with E-state index in [9.17, 15) is 9.59 Å². The summed E-state index contributed by atoms with van der Waals surface area (Å²) in [6.45, 7) is 1.88. The largest absolute Gasteiger partial charge is 0.459 e. The van der Waals surface area contributed by atoms with Gasteiger partial charge in [-0.15, -0.1) is 0 Å². The summed E-state index contributed by atoms with van der Waals surface area (Å²) in [5.74, 6) is 0.0598. The van der Waals surface area contributed by atoms with Crippen LogP contribution in [0.1, 0.15) is 21.0 Å². The van der Waals surface area contributed by atoms with E-state index in [0.717, 1.165) is 15.7 Å². The predicted octanol–water partition coefficient (Wildman–Crippen LogP) is 3.03. The van der Waals surface area contributed by atoms with Gasteiger partial charge >= 0.3 is 0 Å². The van der Waals surface area contributed by atoms with Crippen molar-refractivity contribution in [1.29, 1.82) is 0 Å². The molecule has 0 spiro atoms. The zero-order valence-corrected chi connectivity index (χ0v) is 16.0. The Morgan fingerprint density at radius 3 is 2.30 bits per heavy atom. The lowest BCUT2D eigenvalue weighted by atomic mass is 10.1. The minimum Gasteiger partial charge on any atom is -0.459 e. The maximum atomic E-state index is 12.7. The molecule has 3 aromatic rings. The van der Waals surface area contributed by atoms with Crippen molar-refractivity contribution >= 4 is 27.7 Å². The molecule has 0 radical (unpaired) electrons. The summed E-state index contributed by atoms with van der Waals surface area (Å²) in [6, 6.07) is 12.8. The van der Waals surface area contributed by atoms with Gasteiger partial charge in [0.2, 0.25) is 0 Å². The van der Waals surface area contributed by atoms with Gasteiger partial charge < -0.3 is 14.2 Å². The SMILES string of the molecule is O=C(c1cc(-c2ccc(Br)cc2)n[nH]1)N1CCN(C(=O)c2ccco2)CC1. The van der Waals surface area contributed by atoms with Gasteiger partial charge in [-0.3, -0.25) is 14.7 Å². The number of benzene rings is 1. The number of hydrogen-bond donors (Lipinski definition) is 1. The van der Waals surface area contributed by atoms with E-state index in [4.69, 9.17) is 4.42 Å². The molecule has 4 rings (SSSR count). The van der Waals surface area contributed by atoms with Crippen molar-refractivity contribution in [2.75, 3.05) is 26.2 Å². The number of amides is 2. The Bertz CT molecular complexity index is 942. The Hall–Kier alpha value is -2.87. The van der Waals surface area contributed by atoms with Crippen LogP contribution in [0.3, 0.4) is 0 Å². The molecule has 138 valence electrons. The molecule has 0 unspecified atom stereocenters. The fourth-order valence-corrected chi connectivity index (χ4v) is 3.30. The Morgan fingerprint density at radius 2 is 1.67 bits per heavy atom. The van der Waals surface area contributed by atoms with E-state index in [0.29, 0.717) is 37.6 Å². The third-order valence-corrected chi connectivity index (χ3v) is 5.06. The van der Waals surface area contributed by atoms with Crippen molar-refractivity contribution in [3.8, 4) is 11.3 Å². The molecular formula is C19H17BrN4O3. The summed E-state index contributed by atoms with van der Waals surface area (Å²) in [5.41, 5.74) is 2.10. The van der Waals surface area contributed by atoms with Crippen LogP contribution < -0.4 is 0 Å². The first-order valence-electron chi connectivity index (χ1n) is 8.55. The Balaban J connectivity index is 1.40. The Labute approximate surface area is 164 Å². The summed E-state index contributed by atoms with van der Waals surface area (Å²) in [4.78, 5) is 28.5. The number of carbonyl (C=O) groups excluding carboxylic acids is 2. The highest BCUT2D eigenvalue weighted by atomic mass is 79.9. The molecule has 1 aliphatic heterocycles. The number of carbonyl (C=O) groups is 2. The smallest absolute Gasteiger partial charge is 0.289 e. The molecule has 0 aliphatic carbocycles. The lowest BCUT2D eigenvalue weighted by Crippen LogP contribution is -2.50. The molecule has 0 bridgehead atoms. The van der Waals surface area contributed by atoms with E-state index in [2.05, 4.69) is 26.1 Å². The number of nitrogens with zero attached hydrogens (tertiary/aromatic N) is 3. The summed E-state index contributed by atoms with van der Waals surface area (Å²) in [7, 11) is 0. The van der Waals surface area contributed by atoms with Crippen LogP contribution in [0, 0.1) is 0 Å². The summed E-state index contributed by atoms with van der Waals surface area (Å²) < 4.78 is 6.14. The second-order valence-corrected chi connectivity index (χ2v) is 7.15. The number of aromatic nitrogens is 2. The van der Waals surface area contributed by atoms with Crippen molar-refractivity contribution in [2.24, 2.45) is 0 Å². The van der Waals surface area contributed by atoms with E-state index < -0.39 is 0 Å². The van der Waals surface area contributed by atoms with E-state index in [-0.39, 0.29) is 11.8 Å². The molecular weight excluding hydrogens is 412 g/mol. The normalized spacial score (nSPS) is 14.4. The molecule has 1 saturated heterocycles. The van der Waals surface area contributed by atoms with Gasteiger partial charge in [0.05, 0.1) is 12.0 Å². The van der Waals surface area contributed by atoms with Crippen LogP contribution in [0.2, 0.25) is 0 Å². The minimum atomic E-state index is -0.147. The van der Waals surface area contributed by atoms with E-state index in [1.807, 2.05) is 24.3 Å². The van der Waals surface area contributed by atoms with Crippen LogP contribution >= 0.6 is 15.9 Å². The number of furan rings is 1. The topological polar surface area (TPSA) is 82.4 Å². The Kier molecular flexibility index (Phi) is 4.81. The number of rotatable bonds is 3. The summed E-state index contributed by atoms with van der Waals surface area (Å²) >= 11 is 3.40. The van der Waals surface area contributed by atoms with Crippen LogP contribution in [0.4, 0.5) is 0 Å². The molecule has 8 heteroatoms. The van der Waals surface area contributed by atoms with Gasteiger partial charge in [0.15, 0.2) is 5.76 Å². The maximum absolute atomic E-state index is 12.7. The molecule has 27 heavy (non-hydrogen) atoms. The van der Waals surface area contributed by atoms with Crippen molar-refractivity contribution in [2.45, 2.75) is 0 Å². The lowest BCUT2D eigenvalue weighted by molar-refractivity contribution is 0.0515. The molecule has 1 fully saturated rings. The molecule has 3 heterocycles. The maximum Gasteiger partial charge on any atom is 0.289 e. The number of H-pyrrole nitrogens is 1. The predicted molar refractivity (Wildman–Crippen MR) is 102 cm³/mol. The van der Waals surface area contributed by atoms with Crippen LogP contribution in [0.15, 0.2) is 57.6 Å². The van der Waals surface area contributed by atoms with Crippen LogP contribution in [0.25, 0.3) is 11.3 Å². The third-order valence-electron chi connectivity index (χ3n) is 4.53. The quantitative estimate of drug-likeness (QED) is 0.694. The van der Waals surface area contributed by atoms with E-state index >= 15 is 0 Å². The average molecular weight is 429 g/mol. The lowest BCUT2D eigenvalue weighted by Gasteiger charge is -2.34. The first kappa shape index (κ1) is 17.5. The first-order valence-corrected chi connectivity index (χ1v) is 9.34. The van der Waals surface area contributed by atoms with Crippen molar-refractivity contribution in [3.63, 3.8) is 0 Å². The molecule has 0 saturated carbocycles. The van der Waals surface area contributed by atoms with Gasteiger partial charge in [0.25, 0.3) is 11.8 Å². The molecule has 0 atom stereocenters. The molecule has 2 aromatic heterocycles. The second kappa shape index (κ2) is 7.40. The highest BCUT2D eigenvalue weighted by Crippen LogP contribution is 2.21. The molecule has 1 aromatic carbocycles. The van der Waals surface area contributed by atoms with Gasteiger partial charge in [-0.25, -0.2) is 0 Å². The van der Waals surface area contributed by atoms with Crippen LogP contribution in [-0.2, 0) is 0 Å². The van der Waals surface area contributed by atoms with Gasteiger partial charge in [-0.05, 0) is 30.3 Å². The second-order valence-electron chi connectivity index (χ2n) is 6.24. The van der Waals surface area contributed by atoms with Crippen molar-refractivity contribution in [1.82, 2.24) is 20.0 Å². The number of piperazine rings is 1. The Morgan fingerprint density at radius 1 is 1.00 bits per heavy atom. The number of hydrogen-bond acceptors (Lipinski definition) is 4. The molecule has 2 amide bonds. The van der Waals surface area contributed by atoms with Crippen LogP contribution in [0.5, 0.6) is 0 Å². The molecule has 1 N–H and O–H groups in total. The highest BCUT2D eigenvalue weighted by molar-refractivity contribution is 9.10. The number of halogens is 1. The molecule has 1 aliphatic rings. The zero-order chi connectivity index (χ0) is 18.8. The molecule has 7 nitrogen and oxygen atoms in total. The van der Waals surface area contributed by atoms with Crippen molar-refractivity contribution < 1.29 is 14.0 Å². The third kappa shape index (κ3) is 3.66. The zero-order valence-electron chi connectivity index (χ0n) is 14.4. The van der Waals surface area contributed by atoms with Crippen molar-refractivity contribution in [3.05, 3.63) is 64.7 Å². The first-order chi connectivity index (χ1) is 13.1. The fraction of sp³-hybridized carbons (Fsp3) is 0.211. The van der Waals surface area contributed by atoms with Gasteiger partial charge in [0, 0.05) is 36.2 Å². The number of aromatic amines is 1. The minimum absolute atomic E-state index is 0.115. The summed E-state index contributed by atoms with van der Waals surface area (Å²) in [6.07, 6.45) is 1.48. The van der Waals surface area contributed by atoms with Gasteiger partial charge in [-0.1, -0.05) is 28.1 Å². The summed E-state index contributed by atoms with van der Waals surface area (Å²) in [5, 5.41) is 7.07. The van der Waals surface area contributed by atoms with Gasteiger partial charge in [0.1, 0.15) is 5.69 Å².